The van der Waals surface area contributed by atoms with Crippen LogP contribution in [0.5, 0.6) is 0 Å². The summed E-state index contributed by atoms with van der Waals surface area (Å²) in [7, 11) is 0. The third kappa shape index (κ3) is 5.18. The van der Waals surface area contributed by atoms with E-state index in [1.807, 2.05) is 13.8 Å². The summed E-state index contributed by atoms with van der Waals surface area (Å²) >= 11 is 0. The molecule has 0 radical (unpaired) electrons. The van der Waals surface area contributed by atoms with Crippen molar-refractivity contribution in [3.05, 3.63) is 88.1 Å². The van der Waals surface area contributed by atoms with Crippen LogP contribution < -0.4 is 4.90 Å². The molecule has 178 valence electrons. The molecule has 2 aromatic carbocycles. The van der Waals surface area contributed by atoms with Crippen LogP contribution in [-0.2, 0) is 12.6 Å². The predicted molar refractivity (Wildman–Crippen MR) is 120 cm³/mol. The van der Waals surface area contributed by atoms with Crippen LogP contribution in [0.15, 0.2) is 48.5 Å². The standard InChI is InChI=1S/C25H24F4N4O/c1-16-22(14-18-6-8-21(26)9-7-18)23(31-17(2)30-16)32-10-12-33(13-11-32)24(34)19-4-3-5-20(15-19)25(27,28)29/h3-9,15H,10-14H2,1-2H3. The minimum absolute atomic E-state index is 0.0222. The van der Waals surface area contributed by atoms with Crippen molar-refractivity contribution in [2.45, 2.75) is 26.4 Å². The number of hydrogen-bond acceptors (Lipinski definition) is 4. The lowest BCUT2D eigenvalue weighted by Crippen LogP contribution is -2.49. The number of carbonyl (C=O) groups is 1. The number of aryl methyl sites for hydroxylation is 2. The molecule has 0 bridgehead atoms. The molecule has 2 heterocycles. The summed E-state index contributed by atoms with van der Waals surface area (Å²) in [5, 5.41) is 0. The number of rotatable bonds is 4. The number of hydrogen-bond donors (Lipinski definition) is 0. The van der Waals surface area contributed by atoms with Crippen molar-refractivity contribution in [2.24, 2.45) is 0 Å². The van der Waals surface area contributed by atoms with Crippen LogP contribution in [0.1, 0.15) is 38.6 Å². The predicted octanol–water partition coefficient (Wildman–Crippen LogP) is 4.80. The Labute approximate surface area is 195 Å². The van der Waals surface area contributed by atoms with Gasteiger partial charge in [0, 0.05) is 49.4 Å². The molecular weight excluding hydrogens is 448 g/mol. The van der Waals surface area contributed by atoms with Gasteiger partial charge in [-0.3, -0.25) is 4.79 Å². The second-order valence-electron chi connectivity index (χ2n) is 8.32. The number of amides is 1. The number of halogens is 4. The zero-order chi connectivity index (χ0) is 24.5. The van der Waals surface area contributed by atoms with Gasteiger partial charge in [0.05, 0.1) is 5.56 Å². The Bertz CT molecular complexity index is 1190. The van der Waals surface area contributed by atoms with Crippen LogP contribution >= 0.6 is 0 Å². The lowest BCUT2D eigenvalue weighted by atomic mass is 10.0. The highest BCUT2D eigenvalue weighted by molar-refractivity contribution is 5.94. The van der Waals surface area contributed by atoms with E-state index in [1.54, 1.807) is 17.0 Å². The molecule has 9 heteroatoms. The lowest BCUT2D eigenvalue weighted by molar-refractivity contribution is -0.137. The van der Waals surface area contributed by atoms with Crippen LogP contribution in [-0.4, -0.2) is 47.0 Å². The van der Waals surface area contributed by atoms with Gasteiger partial charge in [0.1, 0.15) is 17.5 Å². The van der Waals surface area contributed by atoms with Gasteiger partial charge in [-0.05, 0) is 49.7 Å². The first-order valence-electron chi connectivity index (χ1n) is 10.9. The summed E-state index contributed by atoms with van der Waals surface area (Å²) < 4.78 is 52.4. The second kappa shape index (κ2) is 9.40. The SMILES string of the molecule is Cc1nc(C)c(Cc2ccc(F)cc2)c(N2CCN(C(=O)c3cccc(C(F)(F)F)c3)CC2)n1. The van der Waals surface area contributed by atoms with Crippen LogP contribution in [0.3, 0.4) is 0 Å². The minimum atomic E-state index is -4.50. The summed E-state index contributed by atoms with van der Waals surface area (Å²) in [6, 6.07) is 10.8. The number of aromatic nitrogens is 2. The lowest BCUT2D eigenvalue weighted by Gasteiger charge is -2.36. The maximum absolute atomic E-state index is 13.3. The topological polar surface area (TPSA) is 49.3 Å². The van der Waals surface area contributed by atoms with Crippen LogP contribution in [0.2, 0.25) is 0 Å². The van der Waals surface area contributed by atoms with E-state index >= 15 is 0 Å². The molecule has 5 nitrogen and oxygen atoms in total. The summed E-state index contributed by atoms with van der Waals surface area (Å²) in [6.07, 6.45) is -3.97. The van der Waals surface area contributed by atoms with Crippen LogP contribution in [0, 0.1) is 19.7 Å². The highest BCUT2D eigenvalue weighted by atomic mass is 19.4. The Kier molecular flexibility index (Phi) is 6.54. The van der Waals surface area contributed by atoms with Gasteiger partial charge in [-0.25, -0.2) is 14.4 Å². The van der Waals surface area contributed by atoms with E-state index in [0.717, 1.165) is 34.8 Å². The molecule has 0 aliphatic carbocycles. The second-order valence-corrected chi connectivity index (χ2v) is 8.32. The van der Waals surface area contributed by atoms with E-state index in [9.17, 15) is 22.4 Å². The first-order valence-corrected chi connectivity index (χ1v) is 10.9. The Morgan fingerprint density at radius 3 is 2.29 bits per heavy atom. The van der Waals surface area contributed by atoms with Gasteiger partial charge in [-0.15, -0.1) is 0 Å². The molecule has 3 aromatic rings. The van der Waals surface area contributed by atoms with E-state index in [4.69, 9.17) is 0 Å². The third-order valence-electron chi connectivity index (χ3n) is 5.90. The van der Waals surface area contributed by atoms with Gasteiger partial charge in [-0.2, -0.15) is 13.2 Å². The molecule has 1 saturated heterocycles. The van der Waals surface area contributed by atoms with Crippen molar-refractivity contribution in [2.75, 3.05) is 31.1 Å². The first-order chi connectivity index (χ1) is 16.1. The van der Waals surface area contributed by atoms with Crippen LogP contribution in [0.4, 0.5) is 23.4 Å². The van der Waals surface area contributed by atoms with Gasteiger partial charge < -0.3 is 9.80 Å². The van der Waals surface area contributed by atoms with E-state index in [0.29, 0.717) is 38.4 Å². The minimum Gasteiger partial charge on any atom is -0.353 e. The van der Waals surface area contributed by atoms with Crippen molar-refractivity contribution in [3.63, 3.8) is 0 Å². The highest BCUT2D eigenvalue weighted by Crippen LogP contribution is 2.30. The van der Waals surface area contributed by atoms with Crippen molar-refractivity contribution < 1.29 is 22.4 Å². The maximum Gasteiger partial charge on any atom is 0.416 e. The molecule has 0 N–H and O–H groups in total. The molecule has 34 heavy (non-hydrogen) atoms. The van der Waals surface area contributed by atoms with Crippen molar-refractivity contribution in [3.8, 4) is 0 Å². The number of nitrogens with zero attached hydrogens (tertiary/aromatic N) is 4. The number of benzene rings is 2. The normalized spacial score (nSPS) is 14.4. The molecule has 1 aliphatic heterocycles. The summed E-state index contributed by atoms with van der Waals surface area (Å²) in [5.74, 6) is 0.660. The highest BCUT2D eigenvalue weighted by Gasteiger charge is 2.32. The van der Waals surface area contributed by atoms with Crippen molar-refractivity contribution >= 4 is 11.7 Å². The van der Waals surface area contributed by atoms with Gasteiger partial charge in [-0.1, -0.05) is 18.2 Å². The molecular formula is C25H24F4N4O. The van der Waals surface area contributed by atoms with Gasteiger partial charge >= 0.3 is 6.18 Å². The quantitative estimate of drug-likeness (QED) is 0.512. The molecule has 1 amide bonds. The van der Waals surface area contributed by atoms with Gasteiger partial charge in [0.15, 0.2) is 0 Å². The maximum atomic E-state index is 13.3. The first kappa shape index (κ1) is 23.7. The largest absolute Gasteiger partial charge is 0.416 e. The fraction of sp³-hybridized carbons (Fsp3) is 0.320. The number of piperazine rings is 1. The molecule has 0 atom stereocenters. The van der Waals surface area contributed by atoms with Gasteiger partial charge in [0.2, 0.25) is 0 Å². The zero-order valence-corrected chi connectivity index (χ0v) is 18.9. The molecule has 1 fully saturated rings. The average molecular weight is 472 g/mol. The fourth-order valence-corrected chi connectivity index (χ4v) is 4.13. The smallest absolute Gasteiger partial charge is 0.353 e. The van der Waals surface area contributed by atoms with Crippen molar-refractivity contribution in [1.29, 1.82) is 0 Å². The van der Waals surface area contributed by atoms with Gasteiger partial charge in [0.25, 0.3) is 5.91 Å². The average Bonchev–Trinajstić information content (AvgIpc) is 2.81. The van der Waals surface area contributed by atoms with E-state index in [1.165, 1.54) is 24.3 Å². The molecule has 4 rings (SSSR count). The zero-order valence-electron chi connectivity index (χ0n) is 18.9. The molecule has 0 unspecified atom stereocenters. The summed E-state index contributed by atoms with van der Waals surface area (Å²) in [4.78, 5) is 25.6. The molecule has 0 saturated carbocycles. The Hall–Kier alpha value is -3.49. The summed E-state index contributed by atoms with van der Waals surface area (Å²) in [5.41, 5.74) is 1.86. The number of carbonyl (C=O) groups excluding carboxylic acids is 1. The van der Waals surface area contributed by atoms with Crippen molar-refractivity contribution in [1.82, 2.24) is 14.9 Å². The molecule has 1 aromatic heterocycles. The summed E-state index contributed by atoms with van der Waals surface area (Å²) in [6.45, 7) is 5.39. The fourth-order valence-electron chi connectivity index (χ4n) is 4.13. The van der Waals surface area contributed by atoms with E-state index in [2.05, 4.69) is 14.9 Å². The number of anilines is 1. The third-order valence-corrected chi connectivity index (χ3v) is 5.90. The van der Waals surface area contributed by atoms with Crippen LogP contribution in [0.25, 0.3) is 0 Å². The Balaban J connectivity index is 1.51. The molecule has 1 aliphatic rings. The Morgan fingerprint density at radius 1 is 0.971 bits per heavy atom. The van der Waals surface area contributed by atoms with E-state index < -0.39 is 17.6 Å². The Morgan fingerprint density at radius 2 is 1.65 bits per heavy atom. The number of alkyl halides is 3. The van der Waals surface area contributed by atoms with E-state index in [-0.39, 0.29) is 11.4 Å². The molecule has 0 spiro atoms. The monoisotopic (exact) mass is 472 g/mol.